The molecule has 7 atom stereocenters. The molecule has 5 aliphatic rings. The van der Waals surface area contributed by atoms with Crippen LogP contribution in [0, 0.1) is 24.7 Å². The van der Waals surface area contributed by atoms with E-state index in [1.807, 2.05) is 0 Å². The Balaban J connectivity index is 0.000000123. The molecular weight excluding hydrogens is 573 g/mol. The number of likely N-dealkylation sites (tertiary alicyclic amines) is 2. The van der Waals surface area contributed by atoms with Crippen molar-refractivity contribution in [2.75, 3.05) is 34.2 Å². The lowest BCUT2D eigenvalue weighted by molar-refractivity contribution is 0.0447. The summed E-state index contributed by atoms with van der Waals surface area (Å²) in [6.45, 7) is 11.7. The Hall–Kier alpha value is -2.14. The molecule has 0 amide bonds. The van der Waals surface area contributed by atoms with Gasteiger partial charge < -0.3 is 14.4 Å². The van der Waals surface area contributed by atoms with Gasteiger partial charge in [-0.1, -0.05) is 74.6 Å². The average molecular weight is 641 g/mol. The van der Waals surface area contributed by atoms with Crippen molar-refractivity contribution >= 4 is 10.9 Å². The third-order valence-electron chi connectivity index (χ3n) is 13.3. The molecule has 47 heavy (non-hydrogen) atoms. The van der Waals surface area contributed by atoms with Crippen molar-refractivity contribution in [3.8, 4) is 0 Å². The Labute approximate surface area is 288 Å². The zero-order valence-corrected chi connectivity index (χ0v) is 31.4. The van der Waals surface area contributed by atoms with Crippen LogP contribution in [0.5, 0.6) is 0 Å². The Morgan fingerprint density at radius 3 is 2.11 bits per heavy atom. The summed E-state index contributed by atoms with van der Waals surface area (Å²) in [5.74, 6) is 3.14. The van der Waals surface area contributed by atoms with Gasteiger partial charge in [-0.25, -0.2) is 0 Å². The van der Waals surface area contributed by atoms with Gasteiger partial charge in [0.1, 0.15) is 0 Å². The fraction of sp³-hybridized carbons (Fsp3) is 0.674. The van der Waals surface area contributed by atoms with Crippen LogP contribution in [0.2, 0.25) is 0 Å². The molecule has 0 radical (unpaired) electrons. The average Bonchev–Trinajstić information content (AvgIpc) is 3.40. The summed E-state index contributed by atoms with van der Waals surface area (Å²) < 4.78 is 2.20. The predicted octanol–water partition coefficient (Wildman–Crippen LogP) is 9.90. The third kappa shape index (κ3) is 8.91. The van der Waals surface area contributed by atoms with Gasteiger partial charge in [0.2, 0.25) is 0 Å². The van der Waals surface area contributed by atoms with E-state index in [4.69, 9.17) is 0 Å². The summed E-state index contributed by atoms with van der Waals surface area (Å²) in [4.78, 5) is 7.59. The summed E-state index contributed by atoms with van der Waals surface area (Å²) in [7, 11) is 8.90. The molecule has 0 N–H and O–H groups in total. The Morgan fingerprint density at radius 1 is 0.638 bits per heavy atom. The molecule has 3 aliphatic heterocycles. The lowest BCUT2D eigenvalue weighted by atomic mass is 9.71. The number of aromatic nitrogens is 1. The van der Waals surface area contributed by atoms with Crippen LogP contribution < -0.4 is 0 Å². The predicted molar refractivity (Wildman–Crippen MR) is 203 cm³/mol. The minimum atomic E-state index is 0.593. The molecule has 4 heterocycles. The first-order chi connectivity index (χ1) is 22.7. The van der Waals surface area contributed by atoms with E-state index in [0.717, 1.165) is 35.9 Å². The van der Waals surface area contributed by atoms with Crippen LogP contribution >= 0.6 is 0 Å². The van der Waals surface area contributed by atoms with E-state index >= 15 is 0 Å². The molecule has 0 spiro atoms. The monoisotopic (exact) mass is 641 g/mol. The minimum Gasteiger partial charge on any atom is -0.348 e. The highest BCUT2D eigenvalue weighted by Gasteiger charge is 2.35. The zero-order chi connectivity index (χ0) is 33.5. The highest BCUT2D eigenvalue weighted by atomic mass is 15.2. The van der Waals surface area contributed by atoms with E-state index in [0.29, 0.717) is 6.04 Å². The molecule has 2 aromatic carbocycles. The van der Waals surface area contributed by atoms with Crippen LogP contribution in [-0.4, -0.2) is 71.6 Å². The van der Waals surface area contributed by atoms with Crippen molar-refractivity contribution in [2.45, 2.75) is 129 Å². The second-order valence-electron chi connectivity index (χ2n) is 15.9. The molecule has 1 aromatic heterocycles. The van der Waals surface area contributed by atoms with Crippen molar-refractivity contribution in [3.63, 3.8) is 0 Å². The lowest BCUT2D eigenvalue weighted by Gasteiger charge is -2.45. The fourth-order valence-corrected chi connectivity index (χ4v) is 9.50. The SMILES string of the molecule is CC1C2CCCCC2CCN1C.CC1CCC2CCCCC2N1C.CC1c2ccccc2CCN1C.Cc1cc2ccccc2n1C. The summed E-state index contributed by atoms with van der Waals surface area (Å²) >= 11 is 0. The first-order valence-electron chi connectivity index (χ1n) is 19.4. The fourth-order valence-electron chi connectivity index (χ4n) is 9.50. The molecule has 2 saturated heterocycles. The van der Waals surface area contributed by atoms with Crippen molar-refractivity contribution in [2.24, 2.45) is 24.8 Å². The number of hydrogen-bond donors (Lipinski definition) is 0. The van der Waals surface area contributed by atoms with E-state index < -0.39 is 0 Å². The summed E-state index contributed by atoms with van der Waals surface area (Å²) in [5.41, 5.74) is 5.66. The molecule has 0 bridgehead atoms. The van der Waals surface area contributed by atoms with E-state index in [9.17, 15) is 0 Å². The first kappa shape index (κ1) is 36.1. The summed E-state index contributed by atoms with van der Waals surface area (Å²) in [6.07, 6.45) is 17.5. The topological polar surface area (TPSA) is 14.7 Å². The standard InChI is InChI=1S/C11H21N.C11H15N.C11H21N.C10H11N/c2*1-9-11-6-4-3-5-10(11)7-8-12(9)2;1-9-7-8-10-5-3-4-6-11(10)12(9)2;1-8-7-9-5-3-4-6-10(9)11(8)2/h9-11H,3-8H2,1-2H3;3-6,9H,7-8H2,1-2H3;9-11H,3-8H2,1-2H3;3-7H,1-2H3. The molecular formula is C43H68N4. The van der Waals surface area contributed by atoms with Gasteiger partial charge in [0.15, 0.2) is 0 Å². The number of piperidine rings is 2. The lowest BCUT2D eigenvalue weighted by Crippen LogP contribution is -2.48. The number of benzene rings is 2. The molecule has 4 heteroatoms. The van der Waals surface area contributed by atoms with Crippen molar-refractivity contribution in [3.05, 3.63) is 71.4 Å². The van der Waals surface area contributed by atoms with Gasteiger partial charge in [0.05, 0.1) is 0 Å². The molecule has 2 aliphatic carbocycles. The van der Waals surface area contributed by atoms with Crippen LogP contribution in [0.3, 0.4) is 0 Å². The van der Waals surface area contributed by atoms with Crippen molar-refractivity contribution in [1.29, 1.82) is 0 Å². The van der Waals surface area contributed by atoms with Gasteiger partial charge in [-0.2, -0.15) is 0 Å². The maximum atomic E-state index is 2.63. The Morgan fingerprint density at radius 2 is 1.32 bits per heavy atom. The number of nitrogens with zero attached hydrogens (tertiary/aromatic N) is 4. The number of rotatable bonds is 0. The van der Waals surface area contributed by atoms with Crippen LogP contribution in [0.25, 0.3) is 10.9 Å². The van der Waals surface area contributed by atoms with Gasteiger partial charge in [-0.05, 0) is 147 Å². The van der Waals surface area contributed by atoms with Gasteiger partial charge in [-0.3, -0.25) is 4.90 Å². The van der Waals surface area contributed by atoms with Crippen LogP contribution in [0.4, 0.5) is 0 Å². The highest BCUT2D eigenvalue weighted by molar-refractivity contribution is 5.81. The number of aryl methyl sites for hydroxylation is 2. The van der Waals surface area contributed by atoms with Crippen LogP contribution in [-0.2, 0) is 13.5 Å². The van der Waals surface area contributed by atoms with E-state index in [2.05, 4.69) is 130 Å². The number of fused-ring (bicyclic) bond motifs is 4. The second-order valence-corrected chi connectivity index (χ2v) is 15.9. The molecule has 4 fully saturated rings. The third-order valence-corrected chi connectivity index (χ3v) is 13.3. The van der Waals surface area contributed by atoms with E-state index in [-0.39, 0.29) is 0 Å². The van der Waals surface area contributed by atoms with Gasteiger partial charge in [-0.15, -0.1) is 0 Å². The molecule has 2 saturated carbocycles. The number of likely N-dealkylation sites (N-methyl/N-ethyl adjacent to an activating group) is 1. The maximum Gasteiger partial charge on any atom is 0.0479 e. The number of para-hydroxylation sites is 1. The summed E-state index contributed by atoms with van der Waals surface area (Å²) in [6, 6.07) is 22.6. The quantitative estimate of drug-likeness (QED) is 0.243. The van der Waals surface area contributed by atoms with Gasteiger partial charge in [0.25, 0.3) is 0 Å². The maximum absolute atomic E-state index is 2.63. The largest absolute Gasteiger partial charge is 0.348 e. The molecule has 3 aromatic rings. The molecule has 260 valence electrons. The Kier molecular flexibility index (Phi) is 13.1. The zero-order valence-electron chi connectivity index (χ0n) is 31.4. The van der Waals surface area contributed by atoms with Crippen LogP contribution in [0.15, 0.2) is 54.6 Å². The van der Waals surface area contributed by atoms with E-state index in [1.165, 1.54) is 118 Å². The molecule has 4 nitrogen and oxygen atoms in total. The van der Waals surface area contributed by atoms with Crippen LogP contribution in [0.1, 0.15) is 114 Å². The highest BCUT2D eigenvalue weighted by Crippen LogP contribution is 2.39. The smallest absolute Gasteiger partial charge is 0.0479 e. The normalized spacial score (nSPS) is 31.0. The first-order valence-corrected chi connectivity index (χ1v) is 19.4. The van der Waals surface area contributed by atoms with Gasteiger partial charge in [0, 0.05) is 49.0 Å². The molecule has 7 unspecified atom stereocenters. The number of hydrogen-bond acceptors (Lipinski definition) is 3. The van der Waals surface area contributed by atoms with E-state index in [1.54, 1.807) is 0 Å². The van der Waals surface area contributed by atoms with Crippen molar-refractivity contribution in [1.82, 2.24) is 19.3 Å². The Bertz CT molecular complexity index is 1340. The molecule has 8 rings (SSSR count). The second kappa shape index (κ2) is 17.0. The van der Waals surface area contributed by atoms with Gasteiger partial charge >= 0.3 is 0 Å². The van der Waals surface area contributed by atoms with Crippen molar-refractivity contribution < 1.29 is 0 Å². The minimum absolute atomic E-state index is 0.593. The summed E-state index contributed by atoms with van der Waals surface area (Å²) in [5, 5.41) is 1.33.